The first-order chi connectivity index (χ1) is 36.4. The predicted octanol–water partition coefficient (Wildman–Crippen LogP) is -1.33. The molecule has 27 atom stereocenters. The highest BCUT2D eigenvalue weighted by molar-refractivity contribution is 5.91. The highest BCUT2D eigenvalue weighted by Gasteiger charge is 2.71. The van der Waals surface area contributed by atoms with Crippen molar-refractivity contribution >= 4 is 17.7 Å². The monoisotopic (exact) mass is 1120 g/mol. The maximum atomic E-state index is 14.3. The molecule has 0 aromatic carbocycles. The van der Waals surface area contributed by atoms with Crippen molar-refractivity contribution in [3.8, 4) is 0 Å². The van der Waals surface area contributed by atoms with E-state index in [0.717, 1.165) is 26.2 Å². The van der Waals surface area contributed by atoms with Crippen molar-refractivity contribution in [1.29, 1.82) is 0 Å². The first-order valence-corrected chi connectivity index (χ1v) is 27.6. The summed E-state index contributed by atoms with van der Waals surface area (Å²) in [5.74, 6) is -2.94. The topological polar surface area (TPSA) is 377 Å². The van der Waals surface area contributed by atoms with Crippen LogP contribution in [0.2, 0.25) is 0 Å². The fraction of sp³-hybridized carbons (Fsp3) is 0.907. The fourth-order valence-electron chi connectivity index (χ4n) is 16.1. The number of aliphatic carboxylic acids is 1. The number of carbonyl (C=O) groups excluding carboxylic acids is 2. The molecule has 4 saturated carbocycles. The van der Waals surface area contributed by atoms with E-state index < -0.39 is 171 Å². The largest absolute Gasteiger partial charge is 0.479 e. The normalized spacial score (nSPS) is 51.9. The SMILES string of the molecule is CC(=O)O[C@@H]1[C@H](O)[C@@H](O)C(O[C@H]2[C@H](O[C@H]3CC[C@@]4(C)C(CC[C@]5(C)C4CC=C4C6CC(C)(C)CC[C@]6(O)C(=O)C[C@]45C)C3(C)C)O[C@H](C(=O)O)[C@@H](O)[C@@H]2O[C@@H]2O[C@H](CO)[C@H](O)[C@H](O)[C@H]2O[C@@H]2OC[C@@H](O)[C@H](O)[C@H]2O)O[C@@H]1CO. The van der Waals surface area contributed by atoms with E-state index in [1.807, 2.05) is 13.8 Å². The van der Waals surface area contributed by atoms with Crippen LogP contribution in [0.1, 0.15) is 113 Å². The Morgan fingerprint density at radius 2 is 1.27 bits per heavy atom. The van der Waals surface area contributed by atoms with Gasteiger partial charge < -0.3 is 104 Å². The Labute approximate surface area is 452 Å². The number of esters is 1. The lowest BCUT2D eigenvalue weighted by Crippen LogP contribution is -2.69. The van der Waals surface area contributed by atoms with Crippen LogP contribution in [0.15, 0.2) is 11.6 Å². The summed E-state index contributed by atoms with van der Waals surface area (Å²) in [6, 6.07) is 0. The number of carboxylic acids is 1. The molecule has 24 heteroatoms. The van der Waals surface area contributed by atoms with Crippen LogP contribution in [-0.2, 0) is 57.0 Å². The average Bonchev–Trinajstić information content (AvgIpc) is 3.35. The van der Waals surface area contributed by atoms with Gasteiger partial charge in [0.15, 0.2) is 43.2 Å². The highest BCUT2D eigenvalue weighted by Crippen LogP contribution is 2.74. The van der Waals surface area contributed by atoms with Gasteiger partial charge in [-0.3, -0.25) is 9.59 Å². The Morgan fingerprint density at radius 3 is 1.92 bits per heavy atom. The van der Waals surface area contributed by atoms with E-state index in [0.29, 0.717) is 32.1 Å². The Balaban J connectivity index is 1.05. The molecular formula is C54H84O24. The Kier molecular flexibility index (Phi) is 16.7. The number of ether oxygens (including phenoxy) is 9. The van der Waals surface area contributed by atoms with Crippen LogP contribution in [-0.4, -0.2) is 227 Å². The van der Waals surface area contributed by atoms with Crippen molar-refractivity contribution in [2.45, 2.75) is 242 Å². The second-order valence-corrected chi connectivity index (χ2v) is 26.0. The summed E-state index contributed by atoms with van der Waals surface area (Å²) in [5.41, 5.74) is -2.23. The van der Waals surface area contributed by atoms with Crippen LogP contribution in [0.25, 0.3) is 0 Å². The second-order valence-electron chi connectivity index (χ2n) is 26.0. The van der Waals surface area contributed by atoms with Crippen LogP contribution in [0.5, 0.6) is 0 Å². The summed E-state index contributed by atoms with van der Waals surface area (Å²) >= 11 is 0. The minimum Gasteiger partial charge on any atom is -0.479 e. The molecule has 0 radical (unpaired) electrons. The van der Waals surface area contributed by atoms with Crippen molar-refractivity contribution in [1.82, 2.24) is 0 Å². The lowest BCUT2D eigenvalue weighted by atomic mass is 9.34. The molecule has 0 aromatic rings. The number of carboxylic acid groups (broad SMARTS) is 1. The average molecular weight is 1120 g/mol. The zero-order valence-corrected chi connectivity index (χ0v) is 45.6. The third-order valence-electron chi connectivity index (χ3n) is 20.7. The standard InChI is InChI=1S/C54H84O24/c1-22(57)71-39-27(20-56)73-46(37(65)35(39)63)78-43-40(75-47-42(34(62)33(61)26(19-55)72-47)77-45-36(64)32(60)25(58)21-70-45)38(66)41(44(67)68)76-48(43)74-31-12-13-51(6)28(50(31,4)5)11-14-52(7)29(51)10-9-23-24-17-49(2,3)15-16-54(24,69)30(59)18-53(23,52)8/h9,24-29,31-43,45-48,55-56,58,60-66,69H,10-21H2,1-8H3,(H,67,68)/t24?,25-,26-,27-,28?,29?,31+,32+,33+,34+,35-,36-,37-,38+,39+,40+,41+,42-,43-,45+,46?,47+,48-,51+,52-,53-,54-/m1/s1. The zero-order chi connectivity index (χ0) is 57.1. The van der Waals surface area contributed by atoms with Gasteiger partial charge in [-0.25, -0.2) is 4.79 Å². The number of hydrogen-bond donors (Lipinski definition) is 12. The molecule has 0 aromatic heterocycles. The molecule has 4 saturated heterocycles. The molecule has 78 heavy (non-hydrogen) atoms. The van der Waals surface area contributed by atoms with Crippen molar-refractivity contribution < 1.29 is 118 Å². The maximum absolute atomic E-state index is 14.3. The van der Waals surface area contributed by atoms with Crippen LogP contribution < -0.4 is 0 Å². The van der Waals surface area contributed by atoms with Gasteiger partial charge in [-0.2, -0.15) is 0 Å². The summed E-state index contributed by atoms with van der Waals surface area (Å²) in [6.07, 6.45) is -29.4. The molecule has 9 rings (SSSR count). The molecule has 0 bridgehead atoms. The van der Waals surface area contributed by atoms with Gasteiger partial charge in [0.2, 0.25) is 0 Å². The molecule has 8 fully saturated rings. The molecule has 5 aliphatic carbocycles. The quantitative estimate of drug-likeness (QED) is 0.0612. The van der Waals surface area contributed by atoms with E-state index in [2.05, 4.69) is 40.7 Å². The maximum Gasteiger partial charge on any atom is 0.335 e. The molecule has 4 heterocycles. The number of hydrogen-bond acceptors (Lipinski definition) is 23. The molecule has 0 amide bonds. The summed E-state index contributed by atoms with van der Waals surface area (Å²) in [5, 5.41) is 132. The Bertz CT molecular complexity index is 2240. The van der Waals surface area contributed by atoms with Gasteiger partial charge in [0, 0.05) is 24.7 Å². The first-order valence-electron chi connectivity index (χ1n) is 27.6. The van der Waals surface area contributed by atoms with E-state index in [1.54, 1.807) is 0 Å². The summed E-state index contributed by atoms with van der Waals surface area (Å²) in [7, 11) is 0. The molecule has 0 spiro atoms. The molecular weight excluding hydrogens is 1030 g/mol. The summed E-state index contributed by atoms with van der Waals surface area (Å²) < 4.78 is 54.1. The molecule has 4 unspecified atom stereocenters. The van der Waals surface area contributed by atoms with E-state index >= 15 is 0 Å². The fourth-order valence-corrected chi connectivity index (χ4v) is 16.1. The van der Waals surface area contributed by atoms with Crippen molar-refractivity contribution in [2.24, 2.45) is 44.8 Å². The van der Waals surface area contributed by atoms with E-state index in [1.165, 1.54) is 5.57 Å². The lowest BCUT2D eigenvalue weighted by molar-refractivity contribution is -0.405. The number of Topliss-reactive ketones (excluding diaryl/α,β-unsaturated/α-hetero) is 1. The third kappa shape index (κ3) is 9.93. The number of aliphatic hydroxyl groups is 11. The van der Waals surface area contributed by atoms with E-state index in [4.69, 9.17) is 42.6 Å². The Hall–Kier alpha value is -2.41. The van der Waals surface area contributed by atoms with Crippen LogP contribution in [0.3, 0.4) is 0 Å². The molecule has 12 N–H and O–H groups in total. The number of fused-ring (bicyclic) bond motifs is 7. The Morgan fingerprint density at radius 1 is 0.654 bits per heavy atom. The number of aliphatic hydroxyl groups excluding tert-OH is 10. The zero-order valence-electron chi connectivity index (χ0n) is 45.6. The van der Waals surface area contributed by atoms with Crippen LogP contribution >= 0.6 is 0 Å². The van der Waals surface area contributed by atoms with Crippen LogP contribution in [0, 0.1) is 44.8 Å². The van der Waals surface area contributed by atoms with Gasteiger partial charge in [0.1, 0.15) is 85.0 Å². The number of rotatable bonds is 12. The minimum absolute atomic E-state index is 0.0528. The third-order valence-corrected chi connectivity index (χ3v) is 20.7. The number of ketones is 1. The second kappa shape index (κ2) is 21.7. The molecule has 444 valence electrons. The molecule has 4 aliphatic heterocycles. The van der Waals surface area contributed by atoms with Gasteiger partial charge in [-0.1, -0.05) is 60.1 Å². The van der Waals surface area contributed by atoms with Gasteiger partial charge in [-0.15, -0.1) is 0 Å². The number of carbonyl (C=O) groups is 3. The minimum atomic E-state index is -2.26. The predicted molar refractivity (Wildman–Crippen MR) is 263 cm³/mol. The van der Waals surface area contributed by atoms with Crippen molar-refractivity contribution in [3.63, 3.8) is 0 Å². The van der Waals surface area contributed by atoms with Crippen LogP contribution in [0.4, 0.5) is 0 Å². The van der Waals surface area contributed by atoms with Gasteiger partial charge in [0.25, 0.3) is 0 Å². The van der Waals surface area contributed by atoms with E-state index in [-0.39, 0.29) is 46.2 Å². The van der Waals surface area contributed by atoms with Crippen molar-refractivity contribution in [3.05, 3.63) is 11.6 Å². The van der Waals surface area contributed by atoms with Gasteiger partial charge in [-0.05, 0) is 84.9 Å². The van der Waals surface area contributed by atoms with Crippen molar-refractivity contribution in [2.75, 3.05) is 19.8 Å². The van der Waals surface area contributed by atoms with Gasteiger partial charge in [0.05, 0.1) is 25.9 Å². The highest BCUT2D eigenvalue weighted by atomic mass is 16.8. The summed E-state index contributed by atoms with van der Waals surface area (Å²) in [6.45, 7) is 14.0. The smallest absolute Gasteiger partial charge is 0.335 e. The summed E-state index contributed by atoms with van der Waals surface area (Å²) in [4.78, 5) is 39.5. The molecule has 24 nitrogen and oxygen atoms in total. The van der Waals surface area contributed by atoms with E-state index in [9.17, 15) is 75.7 Å². The lowest BCUT2D eigenvalue weighted by Gasteiger charge is -2.71. The number of allylic oxidation sites excluding steroid dienone is 1. The molecule has 9 aliphatic rings. The van der Waals surface area contributed by atoms with Gasteiger partial charge >= 0.3 is 11.9 Å². The first kappa shape index (κ1) is 60.2.